The number of hydrogen-bond donors (Lipinski definition) is 0. The maximum atomic E-state index is 12.5. The Bertz CT molecular complexity index is 571. The Hall–Kier alpha value is -1.35. The second-order valence-corrected chi connectivity index (χ2v) is 7.67. The minimum atomic E-state index is 0.0119. The molecule has 2 saturated heterocycles. The predicted molar refractivity (Wildman–Crippen MR) is 87.4 cm³/mol. The molecule has 0 atom stereocenters. The SMILES string of the molecule is Cc1cccc(CN2CCC3(CC2)CN(CC2CC2)C3=O)c1. The van der Waals surface area contributed by atoms with Gasteiger partial charge in [-0.2, -0.15) is 0 Å². The van der Waals surface area contributed by atoms with Crippen LogP contribution >= 0.6 is 0 Å². The second-order valence-electron chi connectivity index (χ2n) is 7.67. The summed E-state index contributed by atoms with van der Waals surface area (Å²) in [4.78, 5) is 17.1. The van der Waals surface area contributed by atoms with Crippen molar-refractivity contribution in [2.45, 2.75) is 39.2 Å². The van der Waals surface area contributed by atoms with E-state index in [4.69, 9.17) is 0 Å². The number of hydrogen-bond acceptors (Lipinski definition) is 2. The third-order valence-electron chi connectivity index (χ3n) is 5.71. The van der Waals surface area contributed by atoms with E-state index in [1.807, 2.05) is 0 Å². The first kappa shape index (κ1) is 14.3. The average molecular weight is 298 g/mol. The lowest BCUT2D eigenvalue weighted by Crippen LogP contribution is -2.64. The van der Waals surface area contributed by atoms with Crippen molar-refractivity contribution >= 4 is 5.91 Å². The zero-order valence-electron chi connectivity index (χ0n) is 13.6. The fourth-order valence-electron chi connectivity index (χ4n) is 4.09. The van der Waals surface area contributed by atoms with Crippen molar-refractivity contribution in [3.8, 4) is 0 Å². The van der Waals surface area contributed by atoms with Crippen molar-refractivity contribution in [2.24, 2.45) is 11.3 Å². The van der Waals surface area contributed by atoms with Crippen molar-refractivity contribution < 1.29 is 4.79 Å². The van der Waals surface area contributed by atoms with Crippen molar-refractivity contribution in [3.63, 3.8) is 0 Å². The minimum Gasteiger partial charge on any atom is -0.341 e. The number of β-lactam (4-membered cyclic amide) rings is 1. The van der Waals surface area contributed by atoms with Crippen LogP contribution in [-0.2, 0) is 11.3 Å². The molecule has 3 nitrogen and oxygen atoms in total. The van der Waals surface area contributed by atoms with E-state index >= 15 is 0 Å². The molecular weight excluding hydrogens is 272 g/mol. The number of amides is 1. The molecule has 4 rings (SSSR count). The van der Waals surface area contributed by atoms with Gasteiger partial charge >= 0.3 is 0 Å². The first-order valence-electron chi connectivity index (χ1n) is 8.72. The van der Waals surface area contributed by atoms with Crippen LogP contribution in [0.2, 0.25) is 0 Å². The first-order chi connectivity index (χ1) is 10.6. The summed E-state index contributed by atoms with van der Waals surface area (Å²) in [6, 6.07) is 8.77. The lowest BCUT2D eigenvalue weighted by molar-refractivity contribution is -0.165. The molecule has 0 aromatic heterocycles. The van der Waals surface area contributed by atoms with Gasteiger partial charge in [0.15, 0.2) is 0 Å². The molecule has 0 unspecified atom stereocenters. The molecule has 1 spiro atoms. The molecule has 2 heterocycles. The number of nitrogens with zero attached hydrogens (tertiary/aromatic N) is 2. The van der Waals surface area contributed by atoms with Gasteiger partial charge in [-0.1, -0.05) is 29.8 Å². The van der Waals surface area contributed by atoms with Crippen LogP contribution in [0.25, 0.3) is 0 Å². The number of piperidine rings is 1. The quantitative estimate of drug-likeness (QED) is 0.798. The van der Waals surface area contributed by atoms with Gasteiger partial charge in [-0.05, 0) is 57.2 Å². The number of benzene rings is 1. The monoisotopic (exact) mass is 298 g/mol. The molecule has 3 heteroatoms. The van der Waals surface area contributed by atoms with E-state index in [2.05, 4.69) is 41.0 Å². The summed E-state index contributed by atoms with van der Waals surface area (Å²) < 4.78 is 0. The molecule has 0 radical (unpaired) electrons. The van der Waals surface area contributed by atoms with Gasteiger partial charge in [0.05, 0.1) is 5.41 Å². The van der Waals surface area contributed by atoms with Crippen LogP contribution < -0.4 is 0 Å². The predicted octanol–water partition coefficient (Wildman–Crippen LogP) is 2.83. The highest BCUT2D eigenvalue weighted by Crippen LogP contribution is 2.44. The van der Waals surface area contributed by atoms with E-state index in [1.54, 1.807) is 0 Å². The Labute approximate surface area is 133 Å². The lowest BCUT2D eigenvalue weighted by atomic mass is 9.71. The van der Waals surface area contributed by atoms with Gasteiger partial charge in [-0.15, -0.1) is 0 Å². The van der Waals surface area contributed by atoms with Crippen molar-refractivity contribution in [1.82, 2.24) is 9.80 Å². The molecule has 1 aromatic carbocycles. The molecule has 1 saturated carbocycles. The summed E-state index contributed by atoms with van der Waals surface area (Å²) in [7, 11) is 0. The summed E-state index contributed by atoms with van der Waals surface area (Å²) in [5.41, 5.74) is 2.74. The Morgan fingerprint density at radius 1 is 1.23 bits per heavy atom. The van der Waals surface area contributed by atoms with Crippen LogP contribution in [0, 0.1) is 18.3 Å². The average Bonchev–Trinajstić information content (AvgIpc) is 3.32. The molecule has 118 valence electrons. The fourth-order valence-corrected chi connectivity index (χ4v) is 4.09. The van der Waals surface area contributed by atoms with Crippen molar-refractivity contribution in [1.29, 1.82) is 0 Å². The van der Waals surface area contributed by atoms with E-state index in [0.29, 0.717) is 5.91 Å². The molecule has 3 fully saturated rings. The summed E-state index contributed by atoms with van der Waals surface area (Å²) in [5.74, 6) is 1.28. The summed E-state index contributed by atoms with van der Waals surface area (Å²) in [5, 5.41) is 0. The standard InChI is InChI=1S/C19H26N2O/c1-15-3-2-4-17(11-15)12-20-9-7-19(8-10-20)14-21(18(19)22)13-16-5-6-16/h2-4,11,16H,5-10,12-14H2,1H3. The number of carbonyl (C=O) groups is 1. The number of rotatable bonds is 4. The Morgan fingerprint density at radius 2 is 2.00 bits per heavy atom. The number of carbonyl (C=O) groups excluding carboxylic acids is 1. The van der Waals surface area contributed by atoms with Gasteiger partial charge in [-0.3, -0.25) is 9.69 Å². The second kappa shape index (κ2) is 5.38. The molecule has 2 aliphatic heterocycles. The van der Waals surface area contributed by atoms with E-state index in [0.717, 1.165) is 51.5 Å². The van der Waals surface area contributed by atoms with Crippen LogP contribution in [-0.4, -0.2) is 41.9 Å². The molecule has 1 aromatic rings. The number of likely N-dealkylation sites (tertiary alicyclic amines) is 2. The van der Waals surface area contributed by atoms with Crippen LogP contribution in [0.1, 0.15) is 36.8 Å². The topological polar surface area (TPSA) is 23.6 Å². The molecule has 1 aliphatic carbocycles. The van der Waals surface area contributed by atoms with Crippen LogP contribution in [0.15, 0.2) is 24.3 Å². The molecule has 0 N–H and O–H groups in total. The Kier molecular flexibility index (Phi) is 3.48. The lowest BCUT2D eigenvalue weighted by Gasteiger charge is -2.52. The van der Waals surface area contributed by atoms with Gasteiger partial charge < -0.3 is 4.90 Å². The zero-order valence-corrected chi connectivity index (χ0v) is 13.6. The van der Waals surface area contributed by atoms with Crippen LogP contribution in [0.3, 0.4) is 0 Å². The Balaban J connectivity index is 1.30. The summed E-state index contributed by atoms with van der Waals surface area (Å²) in [6.45, 7) is 7.37. The van der Waals surface area contributed by atoms with E-state index < -0.39 is 0 Å². The highest BCUT2D eigenvalue weighted by atomic mass is 16.2. The smallest absolute Gasteiger partial charge is 0.230 e. The molecule has 3 aliphatic rings. The third-order valence-corrected chi connectivity index (χ3v) is 5.71. The van der Waals surface area contributed by atoms with Gasteiger partial charge in [0.2, 0.25) is 5.91 Å². The highest BCUT2D eigenvalue weighted by molar-refractivity contribution is 5.89. The van der Waals surface area contributed by atoms with E-state index in [9.17, 15) is 4.79 Å². The van der Waals surface area contributed by atoms with Gasteiger partial charge in [0.25, 0.3) is 0 Å². The van der Waals surface area contributed by atoms with Crippen LogP contribution in [0.5, 0.6) is 0 Å². The van der Waals surface area contributed by atoms with E-state index in [1.165, 1.54) is 24.0 Å². The third kappa shape index (κ3) is 2.67. The number of aryl methyl sites for hydroxylation is 1. The zero-order chi connectivity index (χ0) is 15.2. The van der Waals surface area contributed by atoms with Gasteiger partial charge in [0.1, 0.15) is 0 Å². The largest absolute Gasteiger partial charge is 0.341 e. The highest BCUT2D eigenvalue weighted by Gasteiger charge is 2.53. The summed E-state index contributed by atoms with van der Waals surface area (Å²) >= 11 is 0. The molecule has 1 amide bonds. The summed E-state index contributed by atoms with van der Waals surface area (Å²) in [6.07, 6.45) is 4.78. The maximum absolute atomic E-state index is 12.5. The fraction of sp³-hybridized carbons (Fsp3) is 0.632. The molecular formula is C19H26N2O. The van der Waals surface area contributed by atoms with Crippen molar-refractivity contribution in [2.75, 3.05) is 26.2 Å². The van der Waals surface area contributed by atoms with E-state index in [-0.39, 0.29) is 5.41 Å². The normalized spacial score (nSPS) is 24.6. The van der Waals surface area contributed by atoms with Crippen molar-refractivity contribution in [3.05, 3.63) is 35.4 Å². The first-order valence-corrected chi connectivity index (χ1v) is 8.72. The Morgan fingerprint density at radius 3 is 2.64 bits per heavy atom. The maximum Gasteiger partial charge on any atom is 0.230 e. The van der Waals surface area contributed by atoms with Crippen LogP contribution in [0.4, 0.5) is 0 Å². The van der Waals surface area contributed by atoms with Gasteiger partial charge in [-0.25, -0.2) is 0 Å². The molecule has 22 heavy (non-hydrogen) atoms. The van der Waals surface area contributed by atoms with Gasteiger partial charge in [0, 0.05) is 19.6 Å². The molecule has 0 bridgehead atoms. The minimum absolute atomic E-state index is 0.0119.